The maximum Gasteiger partial charge on any atom is 0.324 e. The van der Waals surface area contributed by atoms with E-state index in [2.05, 4.69) is 10.6 Å². The number of rotatable bonds is 5. The molecule has 0 amide bonds. The molecular formula is C17H27ClN2O2. The Morgan fingerprint density at radius 3 is 2.59 bits per heavy atom. The Kier molecular flexibility index (Phi) is 7.33. The summed E-state index contributed by atoms with van der Waals surface area (Å²) in [5.41, 5.74) is 0.688. The molecule has 1 aromatic rings. The minimum Gasteiger partial charge on any atom is -0.459 e. The second kappa shape index (κ2) is 8.51. The van der Waals surface area contributed by atoms with E-state index >= 15 is 0 Å². The Morgan fingerprint density at radius 2 is 2.05 bits per heavy atom. The van der Waals surface area contributed by atoms with Crippen LogP contribution < -0.4 is 10.6 Å². The lowest BCUT2D eigenvalue weighted by Gasteiger charge is -2.26. The van der Waals surface area contributed by atoms with Gasteiger partial charge in [0.25, 0.3) is 0 Å². The summed E-state index contributed by atoms with van der Waals surface area (Å²) in [6.45, 7) is 7.63. The first-order valence-electron chi connectivity index (χ1n) is 7.67. The molecule has 0 radical (unpaired) electrons. The molecule has 0 bridgehead atoms. The van der Waals surface area contributed by atoms with Crippen LogP contribution in [0.5, 0.6) is 0 Å². The topological polar surface area (TPSA) is 50.4 Å². The van der Waals surface area contributed by atoms with Crippen molar-refractivity contribution < 1.29 is 9.53 Å². The fraction of sp³-hybridized carbons (Fsp3) is 0.588. The van der Waals surface area contributed by atoms with Crippen molar-refractivity contribution in [1.82, 2.24) is 10.6 Å². The van der Waals surface area contributed by atoms with Gasteiger partial charge in [-0.3, -0.25) is 4.79 Å². The highest BCUT2D eigenvalue weighted by Crippen LogP contribution is 2.13. The van der Waals surface area contributed by atoms with E-state index in [4.69, 9.17) is 4.74 Å². The number of hydrogen-bond acceptors (Lipinski definition) is 4. The number of hydrogen-bond donors (Lipinski definition) is 2. The van der Waals surface area contributed by atoms with Gasteiger partial charge in [0.2, 0.25) is 0 Å². The summed E-state index contributed by atoms with van der Waals surface area (Å²) in [6.07, 6.45) is 1.71. The van der Waals surface area contributed by atoms with Gasteiger partial charge in [0.1, 0.15) is 11.6 Å². The van der Waals surface area contributed by atoms with Crippen molar-refractivity contribution in [3.05, 3.63) is 35.9 Å². The summed E-state index contributed by atoms with van der Waals surface area (Å²) in [6, 6.07) is 10.1. The molecule has 2 atom stereocenters. The minimum absolute atomic E-state index is 0. The third-order valence-electron chi connectivity index (χ3n) is 3.47. The molecule has 1 fully saturated rings. The van der Waals surface area contributed by atoms with Crippen LogP contribution in [0.3, 0.4) is 0 Å². The van der Waals surface area contributed by atoms with Gasteiger partial charge >= 0.3 is 5.97 Å². The highest BCUT2D eigenvalue weighted by atomic mass is 35.5. The Bertz CT molecular complexity index is 453. The molecule has 0 aliphatic carbocycles. The fourth-order valence-electron chi connectivity index (χ4n) is 2.51. The van der Waals surface area contributed by atoms with Crippen molar-refractivity contribution in [1.29, 1.82) is 0 Å². The quantitative estimate of drug-likeness (QED) is 0.815. The van der Waals surface area contributed by atoms with Gasteiger partial charge in [-0.25, -0.2) is 0 Å². The third kappa shape index (κ3) is 6.34. The van der Waals surface area contributed by atoms with E-state index in [0.717, 1.165) is 25.1 Å². The monoisotopic (exact) mass is 326 g/mol. The first-order valence-corrected chi connectivity index (χ1v) is 7.67. The van der Waals surface area contributed by atoms with Crippen LogP contribution in [0.25, 0.3) is 0 Å². The number of esters is 1. The molecule has 1 heterocycles. The second-order valence-electron chi connectivity index (χ2n) is 6.63. The van der Waals surface area contributed by atoms with Gasteiger partial charge in [-0.1, -0.05) is 30.3 Å². The molecular weight excluding hydrogens is 300 g/mol. The number of ether oxygens (including phenoxy) is 1. The van der Waals surface area contributed by atoms with E-state index in [-0.39, 0.29) is 24.4 Å². The van der Waals surface area contributed by atoms with Crippen LogP contribution in [0.1, 0.15) is 32.8 Å². The highest BCUT2D eigenvalue weighted by Gasteiger charge is 2.28. The van der Waals surface area contributed by atoms with Crippen LogP contribution >= 0.6 is 12.4 Å². The van der Waals surface area contributed by atoms with Gasteiger partial charge in [0.15, 0.2) is 0 Å². The maximum atomic E-state index is 12.4. The summed E-state index contributed by atoms with van der Waals surface area (Å²) in [7, 11) is 0. The number of benzene rings is 1. The SMILES string of the molecule is CC(C)(C)OC(=O)[C@H](Cc1ccccc1)N[C@H]1CCNC1.Cl. The van der Waals surface area contributed by atoms with Gasteiger partial charge < -0.3 is 15.4 Å². The van der Waals surface area contributed by atoms with E-state index in [1.54, 1.807) is 0 Å². The second-order valence-corrected chi connectivity index (χ2v) is 6.63. The summed E-state index contributed by atoms with van der Waals surface area (Å²) >= 11 is 0. The lowest BCUT2D eigenvalue weighted by atomic mass is 10.0. The molecule has 1 aromatic carbocycles. The van der Waals surface area contributed by atoms with Crippen LogP contribution in [-0.2, 0) is 16.0 Å². The normalized spacial score (nSPS) is 19.3. The van der Waals surface area contributed by atoms with Gasteiger partial charge in [-0.05, 0) is 45.7 Å². The zero-order valence-electron chi connectivity index (χ0n) is 13.6. The minimum atomic E-state index is -0.457. The van der Waals surface area contributed by atoms with E-state index in [1.165, 1.54) is 0 Å². The number of carbonyl (C=O) groups excluding carboxylic acids is 1. The fourth-order valence-corrected chi connectivity index (χ4v) is 2.51. The maximum absolute atomic E-state index is 12.4. The lowest BCUT2D eigenvalue weighted by Crippen LogP contribution is -2.48. The molecule has 2 N–H and O–H groups in total. The van der Waals surface area contributed by atoms with Gasteiger partial charge in [-0.2, -0.15) is 0 Å². The number of halogens is 1. The first-order chi connectivity index (χ1) is 9.94. The molecule has 124 valence electrons. The average molecular weight is 327 g/mol. The van der Waals surface area contributed by atoms with Crippen LogP contribution in [0.4, 0.5) is 0 Å². The van der Waals surface area contributed by atoms with Crippen LogP contribution in [0.15, 0.2) is 30.3 Å². The largest absolute Gasteiger partial charge is 0.459 e. The standard InChI is InChI=1S/C17H26N2O2.ClH/c1-17(2,3)21-16(20)15(19-14-9-10-18-12-14)11-13-7-5-4-6-8-13;/h4-8,14-15,18-19H,9-12H2,1-3H3;1H/t14-,15-;/m0./s1. The molecule has 0 saturated carbocycles. The van der Waals surface area contributed by atoms with Crippen LogP contribution in [0.2, 0.25) is 0 Å². The summed E-state index contributed by atoms with van der Waals surface area (Å²) in [5, 5.41) is 6.76. The zero-order valence-corrected chi connectivity index (χ0v) is 14.4. The molecule has 0 unspecified atom stereocenters. The first kappa shape index (κ1) is 18.9. The average Bonchev–Trinajstić information content (AvgIpc) is 2.90. The predicted octanol–water partition coefficient (Wildman–Crippen LogP) is 2.31. The van der Waals surface area contributed by atoms with E-state index < -0.39 is 5.60 Å². The Hall–Kier alpha value is -1.10. The smallest absolute Gasteiger partial charge is 0.324 e. The molecule has 4 nitrogen and oxygen atoms in total. The lowest BCUT2D eigenvalue weighted by molar-refractivity contribution is -0.157. The summed E-state index contributed by atoms with van der Waals surface area (Å²) < 4.78 is 5.56. The van der Waals surface area contributed by atoms with Crippen molar-refractivity contribution in [2.24, 2.45) is 0 Å². The summed E-state index contributed by atoms with van der Waals surface area (Å²) in [5.74, 6) is -0.168. The van der Waals surface area contributed by atoms with Gasteiger partial charge in [-0.15, -0.1) is 12.4 Å². The summed E-state index contributed by atoms with van der Waals surface area (Å²) in [4.78, 5) is 12.4. The molecule has 0 aromatic heterocycles. The Balaban J connectivity index is 0.00000242. The Morgan fingerprint density at radius 1 is 1.36 bits per heavy atom. The molecule has 22 heavy (non-hydrogen) atoms. The van der Waals surface area contributed by atoms with Crippen LogP contribution in [-0.4, -0.2) is 36.7 Å². The van der Waals surface area contributed by atoms with Gasteiger partial charge in [0, 0.05) is 12.6 Å². The highest BCUT2D eigenvalue weighted by molar-refractivity contribution is 5.85. The number of nitrogens with one attached hydrogen (secondary N) is 2. The molecule has 0 spiro atoms. The number of carbonyl (C=O) groups is 1. The van der Waals surface area contributed by atoms with Crippen molar-refractivity contribution >= 4 is 18.4 Å². The van der Waals surface area contributed by atoms with Gasteiger partial charge in [0.05, 0.1) is 0 Å². The molecule has 1 saturated heterocycles. The molecule has 1 aliphatic heterocycles. The van der Waals surface area contributed by atoms with Crippen molar-refractivity contribution in [2.45, 2.75) is 51.3 Å². The molecule has 2 rings (SSSR count). The third-order valence-corrected chi connectivity index (χ3v) is 3.47. The van der Waals surface area contributed by atoms with Crippen molar-refractivity contribution in [3.8, 4) is 0 Å². The van der Waals surface area contributed by atoms with Crippen LogP contribution in [0, 0.1) is 0 Å². The van der Waals surface area contributed by atoms with E-state index in [9.17, 15) is 4.79 Å². The van der Waals surface area contributed by atoms with Crippen molar-refractivity contribution in [2.75, 3.05) is 13.1 Å². The molecule has 5 heteroatoms. The van der Waals surface area contributed by atoms with Crippen molar-refractivity contribution in [3.63, 3.8) is 0 Å². The Labute approximate surface area is 139 Å². The zero-order chi connectivity index (χ0) is 15.3. The predicted molar refractivity (Wildman–Crippen MR) is 91.4 cm³/mol. The van der Waals surface area contributed by atoms with E-state index in [1.807, 2.05) is 51.1 Å². The van der Waals surface area contributed by atoms with E-state index in [0.29, 0.717) is 12.5 Å². The molecule has 1 aliphatic rings.